The van der Waals surface area contributed by atoms with E-state index in [2.05, 4.69) is 30.6 Å². The molecular weight excluding hydrogens is 320 g/mol. The fourth-order valence-electron chi connectivity index (χ4n) is 1.45. The van der Waals surface area contributed by atoms with Gasteiger partial charge in [-0.05, 0) is 34.1 Å². The molecule has 1 aromatic heterocycles. The SMILES string of the molecule is COC(=O)c1ccc(-c2cc(Br)ncn2)c(Cl)c1. The van der Waals surface area contributed by atoms with Gasteiger partial charge in [-0.15, -0.1) is 0 Å². The molecule has 0 unspecified atom stereocenters. The van der Waals surface area contributed by atoms with Crippen LogP contribution in [0.5, 0.6) is 0 Å². The van der Waals surface area contributed by atoms with E-state index in [9.17, 15) is 4.79 Å². The summed E-state index contributed by atoms with van der Waals surface area (Å²) in [4.78, 5) is 19.4. The molecule has 2 aromatic rings. The first-order valence-electron chi connectivity index (χ1n) is 4.97. The zero-order valence-corrected chi connectivity index (χ0v) is 11.7. The first kappa shape index (κ1) is 13.0. The van der Waals surface area contributed by atoms with Crippen LogP contribution in [0.15, 0.2) is 35.2 Å². The minimum Gasteiger partial charge on any atom is -0.465 e. The van der Waals surface area contributed by atoms with Crippen LogP contribution in [0, 0.1) is 0 Å². The van der Waals surface area contributed by atoms with Crippen molar-refractivity contribution in [2.24, 2.45) is 0 Å². The van der Waals surface area contributed by atoms with Crippen LogP contribution in [0.1, 0.15) is 10.4 Å². The van der Waals surface area contributed by atoms with Crippen molar-refractivity contribution < 1.29 is 9.53 Å². The number of hydrogen-bond acceptors (Lipinski definition) is 4. The third kappa shape index (κ3) is 2.68. The van der Waals surface area contributed by atoms with Gasteiger partial charge in [-0.3, -0.25) is 0 Å². The largest absolute Gasteiger partial charge is 0.465 e. The van der Waals surface area contributed by atoms with E-state index in [1.54, 1.807) is 24.3 Å². The van der Waals surface area contributed by atoms with Crippen molar-refractivity contribution in [1.82, 2.24) is 9.97 Å². The molecule has 0 saturated carbocycles. The lowest BCUT2D eigenvalue weighted by molar-refractivity contribution is 0.0601. The zero-order chi connectivity index (χ0) is 13.1. The number of carbonyl (C=O) groups is 1. The maximum atomic E-state index is 11.4. The van der Waals surface area contributed by atoms with Gasteiger partial charge in [-0.2, -0.15) is 0 Å². The molecule has 0 aliphatic rings. The Morgan fingerprint density at radius 3 is 2.72 bits per heavy atom. The van der Waals surface area contributed by atoms with Crippen LogP contribution in [0.25, 0.3) is 11.3 Å². The van der Waals surface area contributed by atoms with Crippen LogP contribution >= 0.6 is 27.5 Å². The molecule has 0 amide bonds. The minimum absolute atomic E-state index is 0.402. The van der Waals surface area contributed by atoms with Crippen LogP contribution in [0.3, 0.4) is 0 Å². The van der Waals surface area contributed by atoms with Crippen molar-refractivity contribution in [3.05, 3.63) is 45.8 Å². The summed E-state index contributed by atoms with van der Waals surface area (Å²) in [6, 6.07) is 6.67. The number of carbonyl (C=O) groups excluding carboxylic acids is 1. The normalized spacial score (nSPS) is 10.2. The van der Waals surface area contributed by atoms with Crippen molar-refractivity contribution >= 4 is 33.5 Å². The highest BCUT2D eigenvalue weighted by molar-refractivity contribution is 9.10. The second-order valence-corrected chi connectivity index (χ2v) is 4.63. The second-order valence-electron chi connectivity index (χ2n) is 3.41. The quantitative estimate of drug-likeness (QED) is 0.627. The number of benzene rings is 1. The highest BCUT2D eigenvalue weighted by Crippen LogP contribution is 2.28. The van der Waals surface area contributed by atoms with Gasteiger partial charge in [0.2, 0.25) is 0 Å². The molecule has 4 nitrogen and oxygen atoms in total. The highest BCUT2D eigenvalue weighted by Gasteiger charge is 2.11. The molecule has 0 spiro atoms. The van der Waals surface area contributed by atoms with Gasteiger partial charge in [0.1, 0.15) is 10.9 Å². The number of hydrogen-bond donors (Lipinski definition) is 0. The number of aromatic nitrogens is 2. The maximum Gasteiger partial charge on any atom is 0.337 e. The number of rotatable bonds is 2. The molecule has 0 aliphatic carbocycles. The van der Waals surface area contributed by atoms with Crippen LogP contribution in [0.4, 0.5) is 0 Å². The van der Waals surface area contributed by atoms with Crippen molar-refractivity contribution in [1.29, 1.82) is 0 Å². The number of halogens is 2. The van der Waals surface area contributed by atoms with Gasteiger partial charge in [0, 0.05) is 5.56 Å². The van der Waals surface area contributed by atoms with Crippen molar-refractivity contribution in [3.8, 4) is 11.3 Å². The van der Waals surface area contributed by atoms with E-state index in [1.165, 1.54) is 13.4 Å². The number of nitrogens with zero attached hydrogens (tertiary/aromatic N) is 2. The van der Waals surface area contributed by atoms with Gasteiger partial charge < -0.3 is 4.74 Å². The molecule has 1 aromatic carbocycles. The predicted molar refractivity (Wildman–Crippen MR) is 71.5 cm³/mol. The molecule has 1 heterocycles. The minimum atomic E-state index is -0.424. The third-order valence-corrected chi connectivity index (χ3v) is 3.05. The predicted octanol–water partition coefficient (Wildman–Crippen LogP) is 3.35. The average molecular weight is 328 g/mol. The molecule has 0 saturated heterocycles. The summed E-state index contributed by atoms with van der Waals surface area (Å²) in [6.45, 7) is 0. The molecule has 0 atom stereocenters. The van der Waals surface area contributed by atoms with Crippen molar-refractivity contribution in [3.63, 3.8) is 0 Å². The Bertz CT molecular complexity index is 604. The first-order chi connectivity index (χ1) is 8.61. The van der Waals surface area contributed by atoms with E-state index in [0.717, 1.165) is 5.56 Å². The standard InChI is InChI=1S/C12H8BrClN2O2/c1-18-12(17)7-2-3-8(9(14)4-7)10-5-11(13)16-6-15-10/h2-6H,1H3. The lowest BCUT2D eigenvalue weighted by atomic mass is 10.1. The zero-order valence-electron chi connectivity index (χ0n) is 9.35. The van der Waals surface area contributed by atoms with Crippen LogP contribution in [-0.2, 0) is 4.74 Å². The Hall–Kier alpha value is -1.46. The van der Waals surface area contributed by atoms with Gasteiger partial charge in [-0.25, -0.2) is 14.8 Å². The highest BCUT2D eigenvalue weighted by atomic mass is 79.9. The summed E-state index contributed by atoms with van der Waals surface area (Å²) < 4.78 is 5.29. The van der Waals surface area contributed by atoms with Gasteiger partial charge in [0.05, 0.1) is 23.4 Å². The summed E-state index contributed by atoms with van der Waals surface area (Å²) in [5, 5.41) is 0.434. The van der Waals surface area contributed by atoms with Gasteiger partial charge in [0.25, 0.3) is 0 Å². The lowest BCUT2D eigenvalue weighted by Crippen LogP contribution is -2.01. The molecule has 92 valence electrons. The summed E-state index contributed by atoms with van der Waals surface area (Å²) in [7, 11) is 1.33. The Morgan fingerprint density at radius 2 is 2.11 bits per heavy atom. The third-order valence-electron chi connectivity index (χ3n) is 2.30. The first-order valence-corrected chi connectivity index (χ1v) is 6.14. The second kappa shape index (κ2) is 5.46. The molecule has 0 radical (unpaired) electrons. The Balaban J connectivity index is 2.45. The van der Waals surface area contributed by atoms with E-state index in [1.807, 2.05) is 0 Å². The van der Waals surface area contributed by atoms with Gasteiger partial charge in [-0.1, -0.05) is 17.7 Å². The lowest BCUT2D eigenvalue weighted by Gasteiger charge is -2.05. The summed E-state index contributed by atoms with van der Waals surface area (Å²) >= 11 is 9.40. The average Bonchev–Trinajstić information content (AvgIpc) is 2.37. The topological polar surface area (TPSA) is 52.1 Å². The molecule has 0 bridgehead atoms. The van der Waals surface area contributed by atoms with E-state index < -0.39 is 5.97 Å². The Kier molecular flexibility index (Phi) is 3.93. The van der Waals surface area contributed by atoms with Crippen molar-refractivity contribution in [2.75, 3.05) is 7.11 Å². The number of ether oxygens (including phenoxy) is 1. The molecule has 0 N–H and O–H groups in total. The van der Waals surface area contributed by atoms with E-state index >= 15 is 0 Å². The Morgan fingerprint density at radius 1 is 1.33 bits per heavy atom. The van der Waals surface area contributed by atoms with Crippen LogP contribution in [0.2, 0.25) is 5.02 Å². The van der Waals surface area contributed by atoms with E-state index in [-0.39, 0.29) is 0 Å². The number of methoxy groups -OCH3 is 1. The molecular formula is C12H8BrClN2O2. The molecule has 6 heteroatoms. The van der Waals surface area contributed by atoms with Gasteiger partial charge >= 0.3 is 5.97 Å². The smallest absolute Gasteiger partial charge is 0.337 e. The molecule has 0 aliphatic heterocycles. The van der Waals surface area contributed by atoms with Crippen LogP contribution in [-0.4, -0.2) is 23.0 Å². The summed E-state index contributed by atoms with van der Waals surface area (Å²) in [5.41, 5.74) is 1.81. The molecule has 2 rings (SSSR count). The van der Waals surface area contributed by atoms with Gasteiger partial charge in [0.15, 0.2) is 0 Å². The summed E-state index contributed by atoms with van der Waals surface area (Å²) in [6.07, 6.45) is 1.43. The fraction of sp³-hybridized carbons (Fsp3) is 0.0833. The van der Waals surface area contributed by atoms with Crippen molar-refractivity contribution in [2.45, 2.75) is 0 Å². The van der Waals surface area contributed by atoms with E-state index in [4.69, 9.17) is 11.6 Å². The Labute approximate surface area is 117 Å². The number of esters is 1. The maximum absolute atomic E-state index is 11.4. The van der Waals surface area contributed by atoms with E-state index in [0.29, 0.717) is 20.9 Å². The molecule has 18 heavy (non-hydrogen) atoms. The molecule has 0 fully saturated rings. The fourth-order valence-corrected chi connectivity index (χ4v) is 2.03. The summed E-state index contributed by atoms with van der Waals surface area (Å²) in [5.74, 6) is -0.424. The monoisotopic (exact) mass is 326 g/mol. The van der Waals surface area contributed by atoms with Crippen LogP contribution < -0.4 is 0 Å².